The lowest BCUT2D eigenvalue weighted by Crippen LogP contribution is -2.48. The zero-order chi connectivity index (χ0) is 25.0. The number of carbonyl (C=O) groups excluding carboxylic acids is 2. The standard InChI is InChI=1S/C23H18ClFN8O3/c24-15-4-6-16(32-10-27-30-31-32)20(21(15)25)11-7-13-2-5-17(33(13)19(34)8-11)23(35)28-12-1-3-14-18(9-12)36-29-22(14)26/h1,3-4,6,8-10,13,17H,2,5,7H2,(H2,26,29)(H,28,35)/t13-,17-/m0/s1. The third-order valence-electron chi connectivity index (χ3n) is 6.57. The van der Waals surface area contributed by atoms with E-state index < -0.39 is 11.9 Å². The zero-order valence-corrected chi connectivity index (χ0v) is 19.3. The second kappa shape index (κ2) is 8.41. The van der Waals surface area contributed by atoms with Crippen molar-refractivity contribution in [1.82, 2.24) is 30.3 Å². The third-order valence-corrected chi connectivity index (χ3v) is 6.86. The number of nitrogens with zero attached hydrogens (tertiary/aromatic N) is 6. The summed E-state index contributed by atoms with van der Waals surface area (Å²) in [6, 6.07) is 7.09. The Hall–Kier alpha value is -4.32. The van der Waals surface area contributed by atoms with Crippen molar-refractivity contribution in [3.8, 4) is 5.69 Å². The van der Waals surface area contributed by atoms with Crippen molar-refractivity contribution in [2.75, 3.05) is 11.1 Å². The van der Waals surface area contributed by atoms with Gasteiger partial charge in [0.05, 0.1) is 16.1 Å². The van der Waals surface area contributed by atoms with Gasteiger partial charge >= 0.3 is 0 Å². The van der Waals surface area contributed by atoms with E-state index in [0.717, 1.165) is 0 Å². The summed E-state index contributed by atoms with van der Waals surface area (Å²) in [5.41, 5.74) is 7.68. The number of hydrogen-bond donors (Lipinski definition) is 2. The van der Waals surface area contributed by atoms with E-state index >= 15 is 4.39 Å². The van der Waals surface area contributed by atoms with Crippen molar-refractivity contribution in [1.29, 1.82) is 0 Å². The topological polar surface area (TPSA) is 145 Å². The van der Waals surface area contributed by atoms with E-state index in [1.807, 2.05) is 0 Å². The number of amides is 2. The smallest absolute Gasteiger partial charge is 0.247 e. The number of carbonyl (C=O) groups is 2. The Labute approximate surface area is 207 Å². The molecule has 0 unspecified atom stereocenters. The highest BCUT2D eigenvalue weighted by Gasteiger charge is 2.43. The van der Waals surface area contributed by atoms with Crippen LogP contribution >= 0.6 is 11.6 Å². The second-order valence-electron chi connectivity index (χ2n) is 8.64. The Morgan fingerprint density at radius 3 is 2.92 bits per heavy atom. The first-order valence-corrected chi connectivity index (χ1v) is 11.5. The van der Waals surface area contributed by atoms with E-state index in [2.05, 4.69) is 26.0 Å². The van der Waals surface area contributed by atoms with Gasteiger partial charge in [-0.3, -0.25) is 9.59 Å². The molecule has 2 aromatic heterocycles. The van der Waals surface area contributed by atoms with Gasteiger partial charge in [0.1, 0.15) is 12.4 Å². The maximum absolute atomic E-state index is 15.2. The maximum Gasteiger partial charge on any atom is 0.247 e. The van der Waals surface area contributed by atoms with Crippen LogP contribution in [0.1, 0.15) is 24.8 Å². The highest BCUT2D eigenvalue weighted by molar-refractivity contribution is 6.31. The minimum Gasteiger partial charge on any atom is -0.380 e. The van der Waals surface area contributed by atoms with E-state index in [1.165, 1.54) is 23.2 Å². The molecule has 0 radical (unpaired) electrons. The fraction of sp³-hybridized carbons (Fsp3) is 0.217. The van der Waals surface area contributed by atoms with Crippen molar-refractivity contribution in [3.63, 3.8) is 0 Å². The molecule has 13 heteroatoms. The molecule has 1 fully saturated rings. The summed E-state index contributed by atoms with van der Waals surface area (Å²) in [6.45, 7) is 0. The number of fused-ring (bicyclic) bond motifs is 2. The van der Waals surface area contributed by atoms with Crippen LogP contribution in [0.3, 0.4) is 0 Å². The largest absolute Gasteiger partial charge is 0.380 e. The monoisotopic (exact) mass is 508 g/mol. The zero-order valence-electron chi connectivity index (χ0n) is 18.6. The first kappa shape index (κ1) is 22.2. The molecule has 2 aromatic carbocycles. The number of benzene rings is 2. The van der Waals surface area contributed by atoms with Crippen LogP contribution in [0, 0.1) is 5.82 Å². The van der Waals surface area contributed by atoms with Crippen LogP contribution in [0.25, 0.3) is 22.2 Å². The van der Waals surface area contributed by atoms with Crippen LogP contribution < -0.4 is 11.1 Å². The van der Waals surface area contributed by atoms with Gasteiger partial charge in [-0.25, -0.2) is 4.39 Å². The third kappa shape index (κ3) is 3.57. The summed E-state index contributed by atoms with van der Waals surface area (Å²) in [5, 5.41) is 18.2. The molecule has 0 aliphatic carbocycles. The molecule has 2 amide bonds. The van der Waals surface area contributed by atoms with Crippen LogP contribution in [0.5, 0.6) is 0 Å². The number of anilines is 2. The van der Waals surface area contributed by atoms with Crippen molar-refractivity contribution in [2.24, 2.45) is 0 Å². The van der Waals surface area contributed by atoms with Gasteiger partial charge in [0.2, 0.25) is 11.8 Å². The maximum atomic E-state index is 15.2. The average Bonchev–Trinajstić information content (AvgIpc) is 3.61. The second-order valence-corrected chi connectivity index (χ2v) is 9.05. The van der Waals surface area contributed by atoms with Crippen molar-refractivity contribution in [2.45, 2.75) is 31.3 Å². The van der Waals surface area contributed by atoms with Crippen LogP contribution in [0.15, 0.2) is 47.3 Å². The van der Waals surface area contributed by atoms with Gasteiger partial charge in [-0.15, -0.1) is 5.10 Å². The minimum atomic E-state index is -0.668. The molecular weight excluding hydrogens is 491 g/mol. The summed E-state index contributed by atoms with van der Waals surface area (Å²) < 4.78 is 21.7. The molecular formula is C23H18ClFN8O3. The molecule has 2 aliphatic heterocycles. The summed E-state index contributed by atoms with van der Waals surface area (Å²) in [7, 11) is 0. The molecule has 2 aliphatic rings. The summed E-state index contributed by atoms with van der Waals surface area (Å²) in [6.07, 6.45) is 4.10. The lowest BCUT2D eigenvalue weighted by molar-refractivity contribution is -0.135. The van der Waals surface area contributed by atoms with E-state index in [9.17, 15) is 9.59 Å². The first-order chi connectivity index (χ1) is 17.4. The van der Waals surface area contributed by atoms with E-state index in [1.54, 1.807) is 29.2 Å². The van der Waals surface area contributed by atoms with Gasteiger partial charge in [0.25, 0.3) is 0 Å². The number of tetrazole rings is 1. The fourth-order valence-electron chi connectivity index (χ4n) is 4.95. The van der Waals surface area contributed by atoms with Gasteiger partial charge < -0.3 is 20.5 Å². The van der Waals surface area contributed by atoms with Gasteiger partial charge in [0, 0.05) is 29.4 Å². The summed E-state index contributed by atoms with van der Waals surface area (Å²) in [5.74, 6) is -1.09. The molecule has 4 heterocycles. The van der Waals surface area contributed by atoms with Gasteiger partial charge in [0.15, 0.2) is 17.2 Å². The fourth-order valence-corrected chi connectivity index (χ4v) is 5.11. The van der Waals surface area contributed by atoms with Crippen molar-refractivity contribution < 1.29 is 18.5 Å². The van der Waals surface area contributed by atoms with Gasteiger partial charge in [-0.2, -0.15) is 4.68 Å². The van der Waals surface area contributed by atoms with E-state index in [0.29, 0.717) is 47.2 Å². The van der Waals surface area contributed by atoms with E-state index in [4.69, 9.17) is 21.9 Å². The average molecular weight is 509 g/mol. The minimum absolute atomic E-state index is 0.0771. The molecule has 6 rings (SSSR count). The number of halogens is 2. The van der Waals surface area contributed by atoms with Crippen LogP contribution in [0.2, 0.25) is 5.02 Å². The summed E-state index contributed by atoms with van der Waals surface area (Å²) in [4.78, 5) is 27.9. The predicted octanol–water partition coefficient (Wildman–Crippen LogP) is 2.96. The highest BCUT2D eigenvalue weighted by atomic mass is 35.5. The Balaban J connectivity index is 1.28. The molecule has 0 bridgehead atoms. The molecule has 3 N–H and O–H groups in total. The number of aromatic nitrogens is 5. The number of nitrogen functional groups attached to an aromatic ring is 1. The van der Waals surface area contributed by atoms with Gasteiger partial charge in [-0.1, -0.05) is 16.8 Å². The predicted molar refractivity (Wildman–Crippen MR) is 127 cm³/mol. The SMILES string of the molecule is Nc1noc2cc(NC(=O)[C@@H]3CC[C@H]4CC(c5c(-n6cnnn6)ccc(Cl)c5F)=CC(=O)N43)ccc12. The first-order valence-electron chi connectivity index (χ1n) is 11.1. The quantitative estimate of drug-likeness (QED) is 0.428. The Bertz CT molecular complexity index is 1550. The number of rotatable bonds is 4. The number of hydrogen-bond acceptors (Lipinski definition) is 8. The highest BCUT2D eigenvalue weighted by Crippen LogP contribution is 2.40. The molecule has 182 valence electrons. The Kier molecular flexibility index (Phi) is 5.18. The normalized spacial score (nSPS) is 19.4. The van der Waals surface area contributed by atoms with Crippen LogP contribution in [-0.2, 0) is 9.59 Å². The summed E-state index contributed by atoms with van der Waals surface area (Å²) >= 11 is 6.06. The number of nitrogens with one attached hydrogen (secondary N) is 1. The lowest BCUT2D eigenvalue weighted by Gasteiger charge is -2.33. The van der Waals surface area contributed by atoms with Crippen LogP contribution in [-0.4, -0.2) is 54.2 Å². The molecule has 4 aromatic rings. The number of nitrogens with two attached hydrogens (primary N) is 1. The van der Waals surface area contributed by atoms with Crippen molar-refractivity contribution >= 4 is 51.5 Å². The molecule has 0 saturated carbocycles. The molecule has 11 nitrogen and oxygen atoms in total. The van der Waals surface area contributed by atoms with Crippen molar-refractivity contribution in [3.05, 3.63) is 59.1 Å². The van der Waals surface area contributed by atoms with E-state index in [-0.39, 0.29) is 34.3 Å². The Morgan fingerprint density at radius 1 is 1.25 bits per heavy atom. The lowest BCUT2D eigenvalue weighted by atomic mass is 9.92. The molecule has 36 heavy (non-hydrogen) atoms. The molecule has 1 saturated heterocycles. The van der Waals surface area contributed by atoms with Gasteiger partial charge in [-0.05, 0) is 59.5 Å². The Morgan fingerprint density at radius 2 is 2.11 bits per heavy atom. The molecule has 2 atom stereocenters. The van der Waals surface area contributed by atoms with Crippen LogP contribution in [0.4, 0.5) is 15.9 Å². The molecule has 0 spiro atoms.